The minimum atomic E-state index is -0.687. The van der Waals surface area contributed by atoms with Crippen molar-refractivity contribution in [2.24, 2.45) is 50.2 Å². The first-order valence-electron chi connectivity index (χ1n) is 14.3. The minimum absolute atomic E-state index is 0.0505. The Hall–Kier alpha value is -1.20. The van der Waals surface area contributed by atoms with Gasteiger partial charge < -0.3 is 14.6 Å². The number of hydrogen-bond donors (Lipinski definition) is 1. The zero-order chi connectivity index (χ0) is 26.3. The van der Waals surface area contributed by atoms with Gasteiger partial charge in [-0.25, -0.2) is 0 Å². The van der Waals surface area contributed by atoms with Gasteiger partial charge >= 0.3 is 5.97 Å². The zero-order valence-electron chi connectivity index (χ0n) is 23.6. The fourth-order valence-corrected chi connectivity index (χ4v) is 11.3. The molecule has 1 aliphatic heterocycles. The molecule has 0 aromatic rings. The third-order valence-electron chi connectivity index (χ3n) is 13.7. The Labute approximate surface area is 216 Å². The lowest BCUT2D eigenvalue weighted by molar-refractivity contribution is -0.205. The number of carbonyl (C=O) groups is 2. The predicted octanol–water partition coefficient (Wildman–Crippen LogP) is 5.49. The molecule has 6 rings (SSSR count). The Morgan fingerprint density at radius 2 is 1.67 bits per heavy atom. The number of hydrogen-bond acceptors (Lipinski definition) is 5. The second-order valence-electron chi connectivity index (χ2n) is 15.4. The summed E-state index contributed by atoms with van der Waals surface area (Å²) in [5.74, 6) is 0.503. The summed E-state index contributed by atoms with van der Waals surface area (Å²) in [6.07, 6.45) is 7.82. The van der Waals surface area contributed by atoms with Crippen LogP contribution in [0.1, 0.15) is 93.4 Å². The van der Waals surface area contributed by atoms with Crippen LogP contribution in [0, 0.1) is 50.2 Å². The van der Waals surface area contributed by atoms with Crippen molar-refractivity contribution in [3.63, 3.8) is 0 Å². The quantitative estimate of drug-likeness (QED) is 0.484. The summed E-state index contributed by atoms with van der Waals surface area (Å²) in [4.78, 5) is 27.4. The van der Waals surface area contributed by atoms with E-state index in [0.717, 1.165) is 38.5 Å². The molecule has 2 bridgehead atoms. The van der Waals surface area contributed by atoms with Gasteiger partial charge in [0.1, 0.15) is 0 Å². The third kappa shape index (κ3) is 2.61. The number of allylic oxidation sites excluding steroid dienone is 2. The zero-order valence-corrected chi connectivity index (χ0v) is 23.6. The van der Waals surface area contributed by atoms with Crippen molar-refractivity contribution in [1.29, 1.82) is 0 Å². The first-order chi connectivity index (χ1) is 16.6. The summed E-state index contributed by atoms with van der Waals surface area (Å²) in [6, 6.07) is 0. The first-order valence-corrected chi connectivity index (χ1v) is 14.3. The third-order valence-corrected chi connectivity index (χ3v) is 13.7. The van der Waals surface area contributed by atoms with Gasteiger partial charge in [-0.1, -0.05) is 47.1 Å². The van der Waals surface area contributed by atoms with E-state index in [4.69, 9.17) is 9.47 Å². The van der Waals surface area contributed by atoms with Crippen molar-refractivity contribution in [2.75, 3.05) is 7.11 Å². The Bertz CT molecular complexity index is 1060. The van der Waals surface area contributed by atoms with Crippen LogP contribution in [0.3, 0.4) is 0 Å². The van der Waals surface area contributed by atoms with E-state index >= 15 is 0 Å². The molecular formula is C31H46O5. The predicted molar refractivity (Wildman–Crippen MR) is 137 cm³/mol. The smallest absolute Gasteiger partial charge is 0.314 e. The number of esters is 1. The number of aliphatic hydroxyl groups excluding tert-OH is 1. The van der Waals surface area contributed by atoms with Crippen LogP contribution >= 0.6 is 0 Å². The molecule has 200 valence electrons. The fourth-order valence-electron chi connectivity index (χ4n) is 11.3. The molecule has 4 saturated carbocycles. The number of methoxy groups -OCH3 is 1. The number of aliphatic hydroxyl groups is 1. The van der Waals surface area contributed by atoms with Gasteiger partial charge in [0, 0.05) is 11.3 Å². The van der Waals surface area contributed by atoms with Gasteiger partial charge in [0.05, 0.1) is 30.8 Å². The molecule has 5 nitrogen and oxygen atoms in total. The lowest BCUT2D eigenvalue weighted by Gasteiger charge is -2.70. The number of ether oxygens (including phenoxy) is 2. The largest absolute Gasteiger partial charge is 0.469 e. The molecular weight excluding hydrogens is 452 g/mol. The number of fused-ring (bicyclic) bond motifs is 7. The second-order valence-corrected chi connectivity index (χ2v) is 15.4. The van der Waals surface area contributed by atoms with Crippen LogP contribution in [0.4, 0.5) is 0 Å². The summed E-state index contributed by atoms with van der Waals surface area (Å²) in [6.45, 7) is 15.9. The Kier molecular flexibility index (Phi) is 4.92. The molecule has 0 aromatic carbocycles. The second kappa shape index (κ2) is 7.05. The van der Waals surface area contributed by atoms with Gasteiger partial charge in [-0.3, -0.25) is 9.59 Å². The summed E-state index contributed by atoms with van der Waals surface area (Å²) in [7, 11) is 1.48. The maximum atomic E-state index is 14.3. The Morgan fingerprint density at radius 1 is 0.972 bits per heavy atom. The van der Waals surface area contributed by atoms with Crippen molar-refractivity contribution in [3.8, 4) is 0 Å². The van der Waals surface area contributed by atoms with Crippen LogP contribution in [-0.4, -0.2) is 42.3 Å². The molecule has 6 aliphatic rings. The van der Waals surface area contributed by atoms with E-state index in [-0.39, 0.29) is 69.0 Å². The molecule has 0 amide bonds. The van der Waals surface area contributed by atoms with Gasteiger partial charge in [-0.15, -0.1) is 0 Å². The van der Waals surface area contributed by atoms with Gasteiger partial charge in [0.2, 0.25) is 0 Å². The highest BCUT2D eigenvalue weighted by molar-refractivity contribution is 5.95. The highest BCUT2D eigenvalue weighted by Crippen LogP contribution is 2.76. The summed E-state index contributed by atoms with van der Waals surface area (Å²) < 4.78 is 12.1. The van der Waals surface area contributed by atoms with Crippen LogP contribution in [-0.2, 0) is 19.1 Å². The van der Waals surface area contributed by atoms with E-state index in [1.54, 1.807) is 0 Å². The van der Waals surface area contributed by atoms with Crippen LogP contribution in [0.25, 0.3) is 0 Å². The SMILES string of the molecule is COC(=O)[C@]1(C)C[C@H]2C3=CC(=O)[C@@H]4[C@@]5(C)CC[C@H](O)C(C)(C)[C@H]5CC[C@@]4(C)[C@]3(C)C[C@H]3O[C@@H]1C[C@]32C. The number of ketones is 1. The van der Waals surface area contributed by atoms with Gasteiger partial charge in [0.25, 0.3) is 0 Å². The summed E-state index contributed by atoms with van der Waals surface area (Å²) in [5.41, 5.74) is -0.121. The van der Waals surface area contributed by atoms with E-state index in [1.165, 1.54) is 12.7 Å². The monoisotopic (exact) mass is 498 g/mol. The maximum absolute atomic E-state index is 14.3. The van der Waals surface area contributed by atoms with Crippen LogP contribution in [0.15, 0.2) is 11.6 Å². The molecule has 5 heteroatoms. The van der Waals surface area contributed by atoms with Crippen molar-refractivity contribution in [2.45, 2.75) is 112 Å². The molecule has 0 radical (unpaired) electrons. The van der Waals surface area contributed by atoms with Crippen LogP contribution in [0.5, 0.6) is 0 Å². The van der Waals surface area contributed by atoms with E-state index in [0.29, 0.717) is 12.3 Å². The molecule has 36 heavy (non-hydrogen) atoms. The van der Waals surface area contributed by atoms with Crippen LogP contribution in [0.2, 0.25) is 0 Å². The maximum Gasteiger partial charge on any atom is 0.314 e. The molecule has 5 aliphatic carbocycles. The lowest BCUT2D eigenvalue weighted by Crippen LogP contribution is -2.67. The molecule has 0 unspecified atom stereocenters. The average Bonchev–Trinajstić information content (AvgIpc) is 3.12. The Balaban J connectivity index is 1.49. The van der Waals surface area contributed by atoms with Crippen molar-refractivity contribution >= 4 is 11.8 Å². The number of rotatable bonds is 1. The summed E-state index contributed by atoms with van der Waals surface area (Å²) >= 11 is 0. The molecule has 1 saturated heterocycles. The molecule has 11 atom stereocenters. The van der Waals surface area contributed by atoms with Gasteiger partial charge in [-0.05, 0) is 91.4 Å². The van der Waals surface area contributed by atoms with Crippen LogP contribution < -0.4 is 0 Å². The highest BCUT2D eigenvalue weighted by Gasteiger charge is 2.74. The first kappa shape index (κ1) is 25.1. The molecule has 1 N–H and O–H groups in total. The van der Waals surface area contributed by atoms with Gasteiger partial charge in [-0.2, -0.15) is 0 Å². The number of carbonyl (C=O) groups excluding carboxylic acids is 2. The van der Waals surface area contributed by atoms with Crippen molar-refractivity contribution in [3.05, 3.63) is 11.6 Å². The highest BCUT2D eigenvalue weighted by atomic mass is 16.5. The van der Waals surface area contributed by atoms with Crippen molar-refractivity contribution < 1.29 is 24.2 Å². The molecule has 5 fully saturated rings. The molecule has 0 spiro atoms. The molecule has 0 aromatic heterocycles. The summed E-state index contributed by atoms with van der Waals surface area (Å²) in [5, 5.41) is 10.9. The van der Waals surface area contributed by atoms with E-state index in [9.17, 15) is 14.7 Å². The standard InChI is InChI=1S/C31H46O5/c1-26(2)20-9-12-30(6)24(27(20,3)11-10-21(26)33)19(32)13-17-18-14-29(5,25(34)35-8)22-15-28(18,4)23(36-22)16-31(17,30)7/h13,18,20-24,33H,9-12,14-16H2,1-8H3/t18-,20+,21-,22+,23+,24+,27-,28-,29+,30+,31+/m0/s1. The van der Waals surface area contributed by atoms with E-state index in [2.05, 4.69) is 41.5 Å². The fraction of sp³-hybridized carbons (Fsp3) is 0.871. The topological polar surface area (TPSA) is 72.8 Å². The normalized spacial score (nSPS) is 56.7. The Morgan fingerprint density at radius 3 is 2.33 bits per heavy atom. The average molecular weight is 499 g/mol. The molecule has 1 heterocycles. The minimum Gasteiger partial charge on any atom is -0.469 e. The van der Waals surface area contributed by atoms with Gasteiger partial charge in [0.15, 0.2) is 5.78 Å². The lowest BCUT2D eigenvalue weighted by atomic mass is 9.33. The van der Waals surface area contributed by atoms with E-state index in [1.807, 2.05) is 13.0 Å². The van der Waals surface area contributed by atoms with Crippen molar-refractivity contribution in [1.82, 2.24) is 0 Å². The van der Waals surface area contributed by atoms with E-state index < -0.39 is 5.41 Å².